The van der Waals surface area contributed by atoms with E-state index in [1.54, 1.807) is 29.2 Å². The Labute approximate surface area is 103 Å². The van der Waals surface area contributed by atoms with Crippen LogP contribution in [-0.2, 0) is 0 Å². The molecule has 1 atom stereocenters. The molecule has 0 heterocycles. The normalized spacial score (nSPS) is 11.9. The van der Waals surface area contributed by atoms with Gasteiger partial charge in [0.05, 0.1) is 0 Å². The first-order chi connectivity index (χ1) is 8.04. The van der Waals surface area contributed by atoms with Gasteiger partial charge in [-0.2, -0.15) is 0 Å². The molecule has 0 aromatic heterocycles. The monoisotopic (exact) mass is 235 g/mol. The third kappa shape index (κ3) is 3.98. The number of carbonyl (C=O) groups is 1. The van der Waals surface area contributed by atoms with Gasteiger partial charge in [-0.15, -0.1) is 0 Å². The zero-order valence-electron chi connectivity index (χ0n) is 10.7. The second-order valence-corrected chi connectivity index (χ2v) is 4.30. The van der Waals surface area contributed by atoms with Gasteiger partial charge in [-0.05, 0) is 37.6 Å². The van der Waals surface area contributed by atoms with Crippen molar-refractivity contribution in [1.82, 2.24) is 4.90 Å². The van der Waals surface area contributed by atoms with Crippen LogP contribution >= 0.6 is 0 Å². The number of carbonyl (C=O) groups excluding carboxylic acids is 1. The van der Waals surface area contributed by atoms with Crippen LogP contribution in [0.1, 0.15) is 26.7 Å². The summed E-state index contributed by atoms with van der Waals surface area (Å²) in [5.74, 6) is 0. The van der Waals surface area contributed by atoms with Gasteiger partial charge in [-0.25, -0.2) is 4.79 Å². The van der Waals surface area contributed by atoms with Crippen molar-refractivity contribution in [2.45, 2.75) is 32.7 Å². The molecule has 0 bridgehead atoms. The third-order valence-electron chi connectivity index (χ3n) is 2.85. The van der Waals surface area contributed by atoms with Gasteiger partial charge in [0.2, 0.25) is 0 Å². The SMILES string of the molecule is CCCC(C)N(C)C(=O)Nc1ccc(N)cc1. The Balaban J connectivity index is 2.56. The van der Waals surface area contributed by atoms with Gasteiger partial charge < -0.3 is 16.0 Å². The number of anilines is 2. The summed E-state index contributed by atoms with van der Waals surface area (Å²) in [5.41, 5.74) is 7.04. The number of nitrogens with two attached hydrogens (primary N) is 1. The van der Waals surface area contributed by atoms with E-state index in [1.165, 1.54) is 0 Å². The minimum absolute atomic E-state index is 0.0873. The Morgan fingerprint density at radius 1 is 1.41 bits per heavy atom. The molecule has 0 spiro atoms. The summed E-state index contributed by atoms with van der Waals surface area (Å²) in [7, 11) is 1.81. The van der Waals surface area contributed by atoms with Crippen molar-refractivity contribution in [2.24, 2.45) is 0 Å². The summed E-state index contributed by atoms with van der Waals surface area (Å²) >= 11 is 0. The fourth-order valence-corrected chi connectivity index (χ4v) is 1.59. The van der Waals surface area contributed by atoms with Crippen molar-refractivity contribution < 1.29 is 4.79 Å². The third-order valence-corrected chi connectivity index (χ3v) is 2.85. The lowest BCUT2D eigenvalue weighted by atomic mass is 10.2. The topological polar surface area (TPSA) is 58.4 Å². The first-order valence-corrected chi connectivity index (χ1v) is 5.94. The Morgan fingerprint density at radius 2 is 2.00 bits per heavy atom. The molecule has 0 fully saturated rings. The largest absolute Gasteiger partial charge is 0.399 e. The minimum Gasteiger partial charge on any atom is -0.399 e. The highest BCUT2D eigenvalue weighted by atomic mass is 16.2. The molecule has 0 radical (unpaired) electrons. The smallest absolute Gasteiger partial charge is 0.321 e. The molecule has 1 aromatic carbocycles. The van der Waals surface area contributed by atoms with E-state index in [2.05, 4.69) is 12.2 Å². The van der Waals surface area contributed by atoms with E-state index in [9.17, 15) is 4.79 Å². The molecule has 1 aromatic rings. The van der Waals surface area contributed by atoms with E-state index < -0.39 is 0 Å². The van der Waals surface area contributed by atoms with E-state index in [0.29, 0.717) is 5.69 Å². The number of rotatable bonds is 4. The van der Waals surface area contributed by atoms with Crippen LogP contribution < -0.4 is 11.1 Å². The number of hydrogen-bond donors (Lipinski definition) is 2. The van der Waals surface area contributed by atoms with Crippen LogP contribution in [0.3, 0.4) is 0 Å². The molecular weight excluding hydrogens is 214 g/mol. The van der Waals surface area contributed by atoms with Crippen molar-refractivity contribution in [3.8, 4) is 0 Å². The van der Waals surface area contributed by atoms with Crippen molar-refractivity contribution >= 4 is 17.4 Å². The summed E-state index contributed by atoms with van der Waals surface area (Å²) in [5, 5.41) is 2.84. The van der Waals surface area contributed by atoms with Crippen LogP contribution in [0.15, 0.2) is 24.3 Å². The Kier molecular flexibility index (Phi) is 4.82. The molecule has 4 nitrogen and oxygen atoms in total. The van der Waals surface area contributed by atoms with Crippen LogP contribution in [0.4, 0.5) is 16.2 Å². The maximum atomic E-state index is 11.9. The van der Waals surface area contributed by atoms with Gasteiger partial charge in [0.25, 0.3) is 0 Å². The quantitative estimate of drug-likeness (QED) is 0.788. The molecular formula is C13H21N3O. The standard InChI is InChI=1S/C13H21N3O/c1-4-5-10(2)16(3)13(17)15-12-8-6-11(14)7-9-12/h6-10H,4-5,14H2,1-3H3,(H,15,17). The highest BCUT2D eigenvalue weighted by Gasteiger charge is 2.14. The maximum Gasteiger partial charge on any atom is 0.321 e. The number of hydrogen-bond acceptors (Lipinski definition) is 2. The number of nitrogens with one attached hydrogen (secondary N) is 1. The minimum atomic E-state index is -0.0873. The molecule has 0 saturated heterocycles. The van der Waals surface area contributed by atoms with E-state index in [-0.39, 0.29) is 12.1 Å². The van der Waals surface area contributed by atoms with Crippen molar-refractivity contribution in [1.29, 1.82) is 0 Å². The average Bonchev–Trinajstić information content (AvgIpc) is 2.31. The summed E-state index contributed by atoms with van der Waals surface area (Å²) in [6.07, 6.45) is 2.08. The first-order valence-electron chi connectivity index (χ1n) is 5.94. The number of urea groups is 1. The zero-order chi connectivity index (χ0) is 12.8. The van der Waals surface area contributed by atoms with Crippen molar-refractivity contribution in [2.75, 3.05) is 18.1 Å². The Morgan fingerprint density at radius 3 is 2.53 bits per heavy atom. The van der Waals surface area contributed by atoms with Gasteiger partial charge in [0.15, 0.2) is 0 Å². The highest BCUT2D eigenvalue weighted by Crippen LogP contribution is 2.12. The summed E-state index contributed by atoms with van der Waals surface area (Å²) < 4.78 is 0. The van der Waals surface area contributed by atoms with Crippen LogP contribution in [0.5, 0.6) is 0 Å². The van der Waals surface area contributed by atoms with Crippen molar-refractivity contribution in [3.05, 3.63) is 24.3 Å². The van der Waals surface area contributed by atoms with E-state index >= 15 is 0 Å². The second-order valence-electron chi connectivity index (χ2n) is 4.30. The molecule has 0 aliphatic heterocycles. The fourth-order valence-electron chi connectivity index (χ4n) is 1.59. The van der Waals surface area contributed by atoms with Gasteiger partial charge in [-0.3, -0.25) is 0 Å². The molecule has 1 unspecified atom stereocenters. The number of nitrogen functional groups attached to an aromatic ring is 1. The number of amides is 2. The lowest BCUT2D eigenvalue weighted by Crippen LogP contribution is -2.38. The molecule has 0 saturated carbocycles. The first kappa shape index (κ1) is 13.4. The van der Waals surface area contributed by atoms with Gasteiger partial charge in [0.1, 0.15) is 0 Å². The molecule has 94 valence electrons. The zero-order valence-corrected chi connectivity index (χ0v) is 10.7. The van der Waals surface area contributed by atoms with Crippen LogP contribution in [0.25, 0.3) is 0 Å². The summed E-state index contributed by atoms with van der Waals surface area (Å²) in [6, 6.07) is 7.29. The number of benzene rings is 1. The highest BCUT2D eigenvalue weighted by molar-refractivity contribution is 5.89. The predicted molar refractivity (Wildman–Crippen MR) is 72.0 cm³/mol. The molecule has 1 rings (SSSR count). The maximum absolute atomic E-state index is 11.9. The van der Waals surface area contributed by atoms with Gasteiger partial charge in [0, 0.05) is 24.5 Å². The molecule has 0 aliphatic rings. The van der Waals surface area contributed by atoms with E-state index in [1.807, 2.05) is 14.0 Å². The predicted octanol–water partition coefficient (Wildman–Crippen LogP) is 2.92. The van der Waals surface area contributed by atoms with Crippen molar-refractivity contribution in [3.63, 3.8) is 0 Å². The molecule has 4 heteroatoms. The molecule has 0 aliphatic carbocycles. The van der Waals surface area contributed by atoms with Crippen LogP contribution in [0, 0.1) is 0 Å². The fraction of sp³-hybridized carbons (Fsp3) is 0.462. The Bertz CT molecular complexity index is 361. The summed E-state index contributed by atoms with van der Waals surface area (Å²) in [6.45, 7) is 4.16. The average molecular weight is 235 g/mol. The van der Waals surface area contributed by atoms with Gasteiger partial charge >= 0.3 is 6.03 Å². The van der Waals surface area contributed by atoms with Gasteiger partial charge in [-0.1, -0.05) is 13.3 Å². The number of nitrogens with zero attached hydrogens (tertiary/aromatic N) is 1. The van der Waals surface area contributed by atoms with Crippen LogP contribution in [-0.4, -0.2) is 24.0 Å². The molecule has 2 amide bonds. The molecule has 17 heavy (non-hydrogen) atoms. The van der Waals surface area contributed by atoms with Crippen LogP contribution in [0.2, 0.25) is 0 Å². The van der Waals surface area contributed by atoms with E-state index in [4.69, 9.17) is 5.73 Å². The summed E-state index contributed by atoms with van der Waals surface area (Å²) in [4.78, 5) is 13.6. The lowest BCUT2D eigenvalue weighted by Gasteiger charge is -2.24. The Hall–Kier alpha value is -1.71. The lowest BCUT2D eigenvalue weighted by molar-refractivity contribution is 0.205. The second kappa shape index (κ2) is 6.13. The molecule has 3 N–H and O–H groups in total. The van der Waals surface area contributed by atoms with E-state index in [0.717, 1.165) is 18.5 Å².